The maximum absolute atomic E-state index is 12.0. The van der Waals surface area contributed by atoms with Crippen molar-refractivity contribution in [3.8, 4) is 11.5 Å². The Morgan fingerprint density at radius 1 is 1.16 bits per heavy atom. The molecular weight excluding hydrogens is 318 g/mol. The molecule has 3 aromatic rings. The van der Waals surface area contributed by atoms with Crippen LogP contribution < -0.4 is 10.6 Å². The van der Waals surface area contributed by atoms with E-state index in [1.165, 1.54) is 0 Å². The first-order valence-corrected chi connectivity index (χ1v) is 8.04. The number of carbonyl (C=O) groups excluding carboxylic acids is 1. The van der Waals surface area contributed by atoms with Crippen LogP contribution in [0.25, 0.3) is 11.5 Å². The van der Waals surface area contributed by atoms with Gasteiger partial charge in [-0.2, -0.15) is 0 Å². The van der Waals surface area contributed by atoms with E-state index in [2.05, 4.69) is 25.8 Å². The van der Waals surface area contributed by atoms with Crippen molar-refractivity contribution in [2.75, 3.05) is 5.32 Å². The molecule has 0 aliphatic heterocycles. The number of hydrogen-bond donors (Lipinski definition) is 2. The van der Waals surface area contributed by atoms with Crippen LogP contribution in [-0.4, -0.2) is 21.2 Å². The highest BCUT2D eigenvalue weighted by atomic mass is 16.4. The standard InChI is InChI=1S/C18H19N5O2/c1-3-16-22-23-17(25-16)13-6-8-14(9-7-13)21-18(24)20-11-15-12(2)5-4-10-19-15/h4-10H,3,11H2,1-2H3,(H2,20,21,24). The molecule has 128 valence electrons. The van der Waals surface area contributed by atoms with Gasteiger partial charge in [0.15, 0.2) is 0 Å². The Bertz CT molecular complexity index is 858. The van der Waals surface area contributed by atoms with E-state index >= 15 is 0 Å². The minimum Gasteiger partial charge on any atom is -0.421 e. The summed E-state index contributed by atoms with van der Waals surface area (Å²) in [5, 5.41) is 13.5. The minimum absolute atomic E-state index is 0.288. The van der Waals surface area contributed by atoms with E-state index in [4.69, 9.17) is 4.42 Å². The molecule has 2 heterocycles. The fourth-order valence-corrected chi connectivity index (χ4v) is 2.25. The number of amides is 2. The second kappa shape index (κ2) is 7.57. The number of carbonyl (C=O) groups is 1. The summed E-state index contributed by atoms with van der Waals surface area (Å²) < 4.78 is 5.51. The van der Waals surface area contributed by atoms with Gasteiger partial charge in [0.1, 0.15) is 0 Å². The Morgan fingerprint density at radius 3 is 2.64 bits per heavy atom. The Kier molecular flexibility index (Phi) is 5.03. The zero-order valence-corrected chi connectivity index (χ0v) is 14.1. The van der Waals surface area contributed by atoms with Crippen molar-refractivity contribution in [3.05, 3.63) is 59.7 Å². The fourth-order valence-electron chi connectivity index (χ4n) is 2.25. The molecule has 7 nitrogen and oxygen atoms in total. The predicted molar refractivity (Wildman–Crippen MR) is 93.9 cm³/mol. The SMILES string of the molecule is CCc1nnc(-c2ccc(NC(=O)NCc3ncccc3C)cc2)o1. The Balaban J connectivity index is 1.57. The first kappa shape index (κ1) is 16.6. The molecule has 7 heteroatoms. The van der Waals surface area contributed by atoms with Crippen molar-refractivity contribution in [1.82, 2.24) is 20.5 Å². The monoisotopic (exact) mass is 337 g/mol. The maximum Gasteiger partial charge on any atom is 0.319 e. The van der Waals surface area contributed by atoms with Crippen molar-refractivity contribution in [1.29, 1.82) is 0 Å². The van der Waals surface area contributed by atoms with E-state index in [0.29, 0.717) is 30.4 Å². The Labute approximate surface area is 145 Å². The molecule has 2 N–H and O–H groups in total. The quantitative estimate of drug-likeness (QED) is 0.745. The van der Waals surface area contributed by atoms with Crippen LogP contribution >= 0.6 is 0 Å². The highest BCUT2D eigenvalue weighted by Crippen LogP contribution is 2.20. The van der Waals surface area contributed by atoms with Crippen molar-refractivity contribution in [2.45, 2.75) is 26.8 Å². The lowest BCUT2D eigenvalue weighted by Gasteiger charge is -2.09. The van der Waals surface area contributed by atoms with Crippen LogP contribution in [0.2, 0.25) is 0 Å². The third-order valence-electron chi connectivity index (χ3n) is 3.69. The molecule has 0 radical (unpaired) electrons. The smallest absolute Gasteiger partial charge is 0.319 e. The first-order chi connectivity index (χ1) is 12.2. The molecule has 0 atom stereocenters. The number of benzene rings is 1. The Morgan fingerprint density at radius 2 is 1.96 bits per heavy atom. The normalized spacial score (nSPS) is 10.5. The lowest BCUT2D eigenvalue weighted by Crippen LogP contribution is -2.28. The summed E-state index contributed by atoms with van der Waals surface area (Å²) in [7, 11) is 0. The van der Waals surface area contributed by atoms with Gasteiger partial charge in [-0.3, -0.25) is 4.98 Å². The molecule has 25 heavy (non-hydrogen) atoms. The summed E-state index contributed by atoms with van der Waals surface area (Å²) >= 11 is 0. The molecule has 0 aliphatic rings. The summed E-state index contributed by atoms with van der Waals surface area (Å²) in [5.41, 5.74) is 3.37. The van der Waals surface area contributed by atoms with Crippen molar-refractivity contribution in [3.63, 3.8) is 0 Å². The number of aromatic nitrogens is 3. The first-order valence-electron chi connectivity index (χ1n) is 8.04. The Hall–Kier alpha value is -3.22. The molecule has 2 aromatic heterocycles. The molecule has 0 unspecified atom stereocenters. The number of hydrogen-bond acceptors (Lipinski definition) is 5. The lowest BCUT2D eigenvalue weighted by atomic mass is 10.2. The second-order valence-corrected chi connectivity index (χ2v) is 5.51. The molecule has 0 aliphatic carbocycles. The van der Waals surface area contributed by atoms with Gasteiger partial charge in [0, 0.05) is 23.9 Å². The van der Waals surface area contributed by atoms with Crippen molar-refractivity contribution >= 4 is 11.7 Å². The largest absolute Gasteiger partial charge is 0.421 e. The topological polar surface area (TPSA) is 92.9 Å². The number of rotatable bonds is 5. The average Bonchev–Trinajstić information content (AvgIpc) is 3.11. The van der Waals surface area contributed by atoms with Crippen LogP contribution in [0.15, 0.2) is 47.0 Å². The van der Waals surface area contributed by atoms with Gasteiger partial charge in [0.25, 0.3) is 0 Å². The van der Waals surface area contributed by atoms with Crippen LogP contribution in [0.5, 0.6) is 0 Å². The van der Waals surface area contributed by atoms with E-state index in [1.54, 1.807) is 18.3 Å². The number of aryl methyl sites for hydroxylation is 2. The highest BCUT2D eigenvalue weighted by Gasteiger charge is 2.08. The van der Waals surface area contributed by atoms with Crippen LogP contribution in [0.3, 0.4) is 0 Å². The molecule has 0 bridgehead atoms. The molecule has 1 aromatic carbocycles. The van der Waals surface area contributed by atoms with Gasteiger partial charge < -0.3 is 15.1 Å². The molecule has 0 spiro atoms. The van der Waals surface area contributed by atoms with Crippen LogP contribution in [0.1, 0.15) is 24.1 Å². The van der Waals surface area contributed by atoms with Crippen molar-refractivity contribution < 1.29 is 9.21 Å². The van der Waals surface area contributed by atoms with E-state index < -0.39 is 0 Å². The number of pyridine rings is 1. The highest BCUT2D eigenvalue weighted by molar-refractivity contribution is 5.89. The van der Waals surface area contributed by atoms with Gasteiger partial charge >= 0.3 is 6.03 Å². The van der Waals surface area contributed by atoms with Gasteiger partial charge in [-0.25, -0.2) is 4.79 Å². The third kappa shape index (κ3) is 4.20. The van der Waals surface area contributed by atoms with E-state index in [9.17, 15) is 4.79 Å². The minimum atomic E-state index is -0.288. The zero-order valence-electron chi connectivity index (χ0n) is 14.1. The summed E-state index contributed by atoms with van der Waals surface area (Å²) in [6, 6.07) is 10.8. The number of anilines is 1. The number of nitrogens with zero attached hydrogens (tertiary/aromatic N) is 3. The van der Waals surface area contributed by atoms with Gasteiger partial charge in [0.05, 0.1) is 12.2 Å². The van der Waals surface area contributed by atoms with Crippen LogP contribution in [0, 0.1) is 6.92 Å². The van der Waals surface area contributed by atoms with E-state index in [-0.39, 0.29) is 6.03 Å². The molecule has 0 saturated heterocycles. The summed E-state index contributed by atoms with van der Waals surface area (Å²) in [6.45, 7) is 4.29. The van der Waals surface area contributed by atoms with E-state index in [0.717, 1.165) is 16.8 Å². The van der Waals surface area contributed by atoms with Crippen molar-refractivity contribution in [2.24, 2.45) is 0 Å². The molecule has 2 amide bonds. The summed E-state index contributed by atoms with van der Waals surface area (Å²) in [6.07, 6.45) is 2.41. The fraction of sp³-hybridized carbons (Fsp3) is 0.222. The number of nitrogens with one attached hydrogen (secondary N) is 2. The molecule has 0 fully saturated rings. The van der Waals surface area contributed by atoms with Gasteiger partial charge in [0.2, 0.25) is 11.8 Å². The van der Waals surface area contributed by atoms with E-state index in [1.807, 2.05) is 38.1 Å². The second-order valence-electron chi connectivity index (χ2n) is 5.51. The van der Waals surface area contributed by atoms with Gasteiger partial charge in [-0.15, -0.1) is 10.2 Å². The summed E-state index contributed by atoms with van der Waals surface area (Å²) in [5.74, 6) is 1.07. The average molecular weight is 337 g/mol. The van der Waals surface area contributed by atoms with Crippen LogP contribution in [0.4, 0.5) is 10.5 Å². The predicted octanol–water partition coefficient (Wildman–Crippen LogP) is 3.32. The maximum atomic E-state index is 12.0. The summed E-state index contributed by atoms with van der Waals surface area (Å²) in [4.78, 5) is 16.2. The molecular formula is C18H19N5O2. The molecule has 3 rings (SSSR count). The van der Waals surface area contributed by atoms with Crippen LogP contribution in [-0.2, 0) is 13.0 Å². The molecule has 0 saturated carbocycles. The zero-order chi connectivity index (χ0) is 17.6. The number of urea groups is 1. The lowest BCUT2D eigenvalue weighted by molar-refractivity contribution is 0.251. The van der Waals surface area contributed by atoms with Gasteiger partial charge in [-0.1, -0.05) is 13.0 Å². The van der Waals surface area contributed by atoms with Gasteiger partial charge in [-0.05, 0) is 42.8 Å². The third-order valence-corrected chi connectivity index (χ3v) is 3.69.